The molecule has 0 aliphatic carbocycles. The third-order valence-electron chi connectivity index (χ3n) is 3.87. The van der Waals surface area contributed by atoms with Crippen LogP contribution in [0.3, 0.4) is 0 Å². The molecule has 0 bridgehead atoms. The molecule has 0 heterocycles. The molecule has 0 aromatic carbocycles. The number of ether oxygens (including phenoxy) is 4. The maximum atomic E-state index is 12.3. The predicted molar refractivity (Wildman–Crippen MR) is 100 cm³/mol. The molecule has 0 aromatic rings. The summed E-state index contributed by atoms with van der Waals surface area (Å²) in [5.74, 6) is -7.14. The molecule has 13 nitrogen and oxygen atoms in total. The highest BCUT2D eigenvalue weighted by molar-refractivity contribution is 5.89. The second-order valence-electron chi connectivity index (χ2n) is 7.64. The van der Waals surface area contributed by atoms with Gasteiger partial charge in [-0.2, -0.15) is 0 Å². The first-order valence-electron chi connectivity index (χ1n) is 9.22. The number of quaternary nitrogens is 1. The summed E-state index contributed by atoms with van der Waals surface area (Å²) in [4.78, 5) is 58.2. The van der Waals surface area contributed by atoms with Crippen molar-refractivity contribution in [1.29, 1.82) is 0 Å². The maximum absolute atomic E-state index is 12.3. The molecular formula is C18H30NO12+. The number of carboxylic acid groups (broad SMARTS) is 2. The Kier molecular flexibility index (Phi) is 11.1. The van der Waals surface area contributed by atoms with Gasteiger partial charge in [0, 0.05) is 0 Å². The van der Waals surface area contributed by atoms with E-state index in [1.807, 2.05) is 21.1 Å². The Morgan fingerprint density at radius 3 is 1.94 bits per heavy atom. The first-order chi connectivity index (χ1) is 14.1. The zero-order valence-corrected chi connectivity index (χ0v) is 18.2. The van der Waals surface area contributed by atoms with E-state index in [-0.39, 0.29) is 13.0 Å². The summed E-state index contributed by atoms with van der Waals surface area (Å²) in [6.07, 6.45) is -5.87. The number of hydrogen-bond acceptors (Lipinski definition) is 10. The minimum absolute atomic E-state index is 0.0709. The topological polar surface area (TPSA) is 183 Å². The van der Waals surface area contributed by atoms with Gasteiger partial charge in [-0.3, -0.25) is 9.59 Å². The van der Waals surface area contributed by atoms with Crippen molar-refractivity contribution in [1.82, 2.24) is 0 Å². The Morgan fingerprint density at radius 1 is 0.968 bits per heavy atom. The van der Waals surface area contributed by atoms with Crippen molar-refractivity contribution in [3.63, 3.8) is 0 Å². The lowest BCUT2D eigenvalue weighted by Gasteiger charge is -2.26. The van der Waals surface area contributed by atoms with Gasteiger partial charge in [-0.05, 0) is 6.42 Å². The second kappa shape index (κ2) is 12.2. The van der Waals surface area contributed by atoms with Crippen LogP contribution in [0.15, 0.2) is 0 Å². The quantitative estimate of drug-likeness (QED) is 0.123. The van der Waals surface area contributed by atoms with E-state index in [2.05, 4.69) is 4.74 Å². The van der Waals surface area contributed by atoms with Crippen LogP contribution in [-0.4, -0.2) is 109 Å². The summed E-state index contributed by atoms with van der Waals surface area (Å²) < 4.78 is 19.5. The number of aliphatic carboxylic acids is 2. The average Bonchev–Trinajstić information content (AvgIpc) is 2.63. The van der Waals surface area contributed by atoms with Gasteiger partial charge in [0.2, 0.25) is 0 Å². The predicted octanol–water partition coefficient (Wildman–Crippen LogP) is -1.25. The molecule has 178 valence electrons. The number of carbonyl (C=O) groups excluding carboxylic acids is 3. The molecule has 31 heavy (non-hydrogen) atoms. The summed E-state index contributed by atoms with van der Waals surface area (Å²) in [7, 11) is 6.42. The van der Waals surface area contributed by atoms with Crippen molar-refractivity contribution in [3.8, 4) is 0 Å². The summed E-state index contributed by atoms with van der Waals surface area (Å²) in [5.41, 5.74) is -2.85. The highest BCUT2D eigenvalue weighted by Gasteiger charge is 2.43. The molecule has 0 saturated carbocycles. The number of nitrogens with zero attached hydrogens (tertiary/aromatic N) is 1. The van der Waals surface area contributed by atoms with Gasteiger partial charge in [0.15, 0.2) is 11.7 Å². The number of esters is 3. The normalized spacial score (nSPS) is 15.2. The monoisotopic (exact) mass is 452 g/mol. The molecule has 0 aliphatic rings. The molecule has 13 heteroatoms. The van der Waals surface area contributed by atoms with Crippen molar-refractivity contribution in [2.45, 2.75) is 44.2 Å². The molecule has 0 radical (unpaired) electrons. The number of methoxy groups -OCH3 is 1. The zero-order valence-electron chi connectivity index (χ0n) is 18.2. The smallest absolute Gasteiger partial charge is 0.377 e. The molecule has 0 aromatic heterocycles. The maximum Gasteiger partial charge on any atom is 0.377 e. The number of carbonyl (C=O) groups is 5. The van der Waals surface area contributed by atoms with E-state index in [0.717, 1.165) is 7.11 Å². The van der Waals surface area contributed by atoms with Crippen molar-refractivity contribution >= 4 is 29.8 Å². The number of rotatable bonds is 14. The average molecular weight is 452 g/mol. The van der Waals surface area contributed by atoms with Gasteiger partial charge in [-0.15, -0.1) is 0 Å². The first-order valence-corrected chi connectivity index (χ1v) is 9.22. The Balaban J connectivity index is 5.40. The zero-order chi connectivity index (χ0) is 24.4. The van der Waals surface area contributed by atoms with Gasteiger partial charge in [0.25, 0.3) is 0 Å². The van der Waals surface area contributed by atoms with E-state index in [4.69, 9.17) is 24.4 Å². The molecule has 3 unspecified atom stereocenters. The molecule has 0 aliphatic heterocycles. The highest BCUT2D eigenvalue weighted by Crippen LogP contribution is 2.19. The van der Waals surface area contributed by atoms with E-state index in [0.29, 0.717) is 11.0 Å². The fraction of sp³-hybridized carbons (Fsp3) is 0.722. The van der Waals surface area contributed by atoms with E-state index in [1.165, 1.54) is 6.92 Å². The highest BCUT2D eigenvalue weighted by atomic mass is 16.7. The van der Waals surface area contributed by atoms with Gasteiger partial charge in [0.1, 0.15) is 13.2 Å². The summed E-state index contributed by atoms with van der Waals surface area (Å²) >= 11 is 0. The molecule has 0 fully saturated rings. The number of likely N-dealkylation sites (N-methyl/N-ethyl adjacent to an activating group) is 1. The second-order valence-corrected chi connectivity index (χ2v) is 7.64. The number of aliphatic hydroxyl groups is 1. The van der Waals surface area contributed by atoms with E-state index in [9.17, 15) is 29.1 Å². The van der Waals surface area contributed by atoms with Gasteiger partial charge >= 0.3 is 36.1 Å². The summed E-state index contributed by atoms with van der Waals surface area (Å²) in [5, 5.41) is 28.3. The molecular weight excluding hydrogens is 422 g/mol. The Labute approximate surface area is 179 Å². The number of carboxylic acids is 2. The van der Waals surface area contributed by atoms with Crippen LogP contribution in [0, 0.1) is 0 Å². The summed E-state index contributed by atoms with van der Waals surface area (Å²) in [6, 6.07) is 0. The van der Waals surface area contributed by atoms with Crippen LogP contribution in [0.25, 0.3) is 0 Å². The van der Waals surface area contributed by atoms with Crippen LogP contribution in [0.1, 0.15) is 26.2 Å². The Bertz CT molecular complexity index is 671. The fourth-order valence-electron chi connectivity index (χ4n) is 2.01. The van der Waals surface area contributed by atoms with E-state index in [1.54, 1.807) is 0 Å². The molecule has 0 rings (SSSR count). The number of hydrogen-bond donors (Lipinski definition) is 3. The van der Waals surface area contributed by atoms with Crippen LogP contribution in [0.4, 0.5) is 0 Å². The van der Waals surface area contributed by atoms with Crippen LogP contribution in [-0.2, 0) is 42.9 Å². The van der Waals surface area contributed by atoms with E-state index < -0.39 is 60.7 Å². The third kappa shape index (κ3) is 10.7. The lowest BCUT2D eigenvalue weighted by molar-refractivity contribution is -0.870. The van der Waals surface area contributed by atoms with Crippen molar-refractivity contribution in [2.24, 2.45) is 0 Å². The van der Waals surface area contributed by atoms with Crippen molar-refractivity contribution in [3.05, 3.63) is 0 Å². The SMILES string of the molecule is CCC(OC(=O)C(OCC[N+](C)(C)C)OC(=O)CC(O)(CC(=O)OC)C(=O)O)C(=O)O. The minimum atomic E-state index is -2.85. The minimum Gasteiger partial charge on any atom is -0.479 e. The van der Waals surface area contributed by atoms with Crippen LogP contribution in [0.2, 0.25) is 0 Å². The molecule has 0 saturated heterocycles. The standard InChI is InChI=1S/C18H29NO12/c1-6-11(14(22)23)30-15(24)16(29-8-7-19(2,3)4)31-13(21)10-18(27,17(25)26)9-12(20)28-5/h11,16,27H,6-10H2,1-5H3,(H-,22,23,25,26)/p+1. The van der Waals surface area contributed by atoms with Gasteiger partial charge in [0.05, 0.1) is 41.1 Å². The lowest BCUT2D eigenvalue weighted by Crippen LogP contribution is -2.45. The van der Waals surface area contributed by atoms with Crippen LogP contribution < -0.4 is 0 Å². The van der Waals surface area contributed by atoms with Crippen LogP contribution in [0.5, 0.6) is 0 Å². The van der Waals surface area contributed by atoms with Gasteiger partial charge < -0.3 is 38.8 Å². The molecule has 3 N–H and O–H groups in total. The van der Waals surface area contributed by atoms with Crippen molar-refractivity contribution < 1.29 is 62.7 Å². The lowest BCUT2D eigenvalue weighted by atomic mass is 9.96. The van der Waals surface area contributed by atoms with Gasteiger partial charge in [-0.25, -0.2) is 14.4 Å². The summed E-state index contributed by atoms with van der Waals surface area (Å²) in [6.45, 7) is 1.70. The first kappa shape index (κ1) is 28.2. The largest absolute Gasteiger partial charge is 0.479 e. The molecule has 0 amide bonds. The third-order valence-corrected chi connectivity index (χ3v) is 3.87. The van der Waals surface area contributed by atoms with Crippen LogP contribution >= 0.6 is 0 Å². The Hall–Kier alpha value is -2.77. The van der Waals surface area contributed by atoms with Crippen molar-refractivity contribution in [2.75, 3.05) is 41.4 Å². The Morgan fingerprint density at radius 2 is 1.52 bits per heavy atom. The molecule has 3 atom stereocenters. The molecule has 0 spiro atoms. The van der Waals surface area contributed by atoms with Gasteiger partial charge in [-0.1, -0.05) is 6.92 Å². The van der Waals surface area contributed by atoms with E-state index >= 15 is 0 Å². The fourth-order valence-corrected chi connectivity index (χ4v) is 2.01.